The maximum absolute atomic E-state index is 13.8. The van der Waals surface area contributed by atoms with Crippen LogP contribution in [0.3, 0.4) is 0 Å². The van der Waals surface area contributed by atoms with Crippen molar-refractivity contribution < 1.29 is 22.0 Å². The van der Waals surface area contributed by atoms with E-state index in [1.54, 1.807) is 30.5 Å². The number of benzene rings is 1. The smallest absolute Gasteiger partial charge is 0.257 e. The van der Waals surface area contributed by atoms with Crippen LogP contribution in [0.2, 0.25) is 0 Å². The summed E-state index contributed by atoms with van der Waals surface area (Å²) >= 11 is 0. The molecule has 2 atom stereocenters. The van der Waals surface area contributed by atoms with E-state index in [1.165, 1.54) is 12.1 Å². The summed E-state index contributed by atoms with van der Waals surface area (Å²) in [5.74, 6) is 0.0715. The minimum Gasteiger partial charge on any atom is -0.307 e. The SMILES string of the molecule is O=C(Nc1ccc(C2CC2)cn1)/C(=C/C1CC(F)C(F)C1)c1ccc(S(=O)(=O)C2CC2)cc1. The fourth-order valence-corrected chi connectivity index (χ4v) is 6.02. The van der Waals surface area contributed by atoms with E-state index in [4.69, 9.17) is 0 Å². The molecule has 3 aliphatic carbocycles. The van der Waals surface area contributed by atoms with E-state index in [9.17, 15) is 22.0 Å². The maximum atomic E-state index is 13.8. The largest absolute Gasteiger partial charge is 0.307 e. The number of halogens is 2. The van der Waals surface area contributed by atoms with Gasteiger partial charge in [0, 0.05) is 11.8 Å². The van der Waals surface area contributed by atoms with Crippen molar-refractivity contribution in [3.8, 4) is 0 Å². The van der Waals surface area contributed by atoms with Gasteiger partial charge in [-0.25, -0.2) is 22.2 Å². The summed E-state index contributed by atoms with van der Waals surface area (Å²) in [6.45, 7) is 0. The predicted octanol–water partition coefficient (Wildman–Crippen LogP) is 5.00. The highest BCUT2D eigenvalue weighted by atomic mass is 32.2. The minimum absolute atomic E-state index is 0.0143. The fourth-order valence-electron chi connectivity index (χ4n) is 4.36. The van der Waals surface area contributed by atoms with Crippen LogP contribution in [-0.2, 0) is 14.6 Å². The minimum atomic E-state index is -3.35. The first kappa shape index (κ1) is 22.2. The Labute approximate surface area is 192 Å². The Morgan fingerprint density at radius 3 is 2.18 bits per heavy atom. The van der Waals surface area contributed by atoms with Gasteiger partial charge in [0.2, 0.25) is 0 Å². The van der Waals surface area contributed by atoms with Crippen LogP contribution in [0.4, 0.5) is 14.6 Å². The van der Waals surface area contributed by atoms with Gasteiger partial charge >= 0.3 is 0 Å². The van der Waals surface area contributed by atoms with E-state index >= 15 is 0 Å². The Bertz CT molecular complexity index is 1160. The average molecular weight is 473 g/mol. The molecule has 3 saturated carbocycles. The topological polar surface area (TPSA) is 76.1 Å². The first-order chi connectivity index (χ1) is 15.8. The van der Waals surface area contributed by atoms with Crippen molar-refractivity contribution in [2.24, 2.45) is 5.92 Å². The predicted molar refractivity (Wildman–Crippen MR) is 122 cm³/mol. The molecule has 8 heteroatoms. The molecule has 1 aromatic carbocycles. The number of nitrogens with one attached hydrogen (secondary N) is 1. The van der Waals surface area contributed by atoms with Crippen molar-refractivity contribution in [2.75, 3.05) is 5.32 Å². The highest BCUT2D eigenvalue weighted by Crippen LogP contribution is 2.40. The summed E-state index contributed by atoms with van der Waals surface area (Å²) in [7, 11) is -3.35. The van der Waals surface area contributed by atoms with Crippen LogP contribution in [0.25, 0.3) is 5.57 Å². The summed E-state index contributed by atoms with van der Waals surface area (Å²) in [5, 5.41) is 2.45. The molecule has 0 radical (unpaired) electrons. The quantitative estimate of drug-likeness (QED) is 0.575. The van der Waals surface area contributed by atoms with Gasteiger partial charge in [0.05, 0.1) is 10.1 Å². The molecule has 0 aliphatic heterocycles. The Morgan fingerprint density at radius 1 is 0.970 bits per heavy atom. The van der Waals surface area contributed by atoms with Crippen LogP contribution >= 0.6 is 0 Å². The Morgan fingerprint density at radius 2 is 1.64 bits per heavy atom. The Kier molecular flexibility index (Phi) is 5.80. The van der Waals surface area contributed by atoms with Gasteiger partial charge in [-0.05, 0) is 79.7 Å². The van der Waals surface area contributed by atoms with E-state index in [-0.39, 0.29) is 28.6 Å². The average Bonchev–Trinajstić information content (AvgIpc) is 3.70. The monoisotopic (exact) mass is 472 g/mol. The number of pyridine rings is 1. The summed E-state index contributed by atoms with van der Waals surface area (Å²) in [5.41, 5.74) is 1.89. The lowest BCUT2D eigenvalue weighted by atomic mass is 9.98. The molecule has 3 fully saturated rings. The lowest BCUT2D eigenvalue weighted by molar-refractivity contribution is -0.111. The first-order valence-corrected chi connectivity index (χ1v) is 13.0. The number of sulfone groups is 1. The molecule has 1 aromatic heterocycles. The van der Waals surface area contributed by atoms with Crippen LogP contribution < -0.4 is 5.32 Å². The second kappa shape index (κ2) is 8.63. The number of amides is 1. The van der Waals surface area contributed by atoms with Crippen molar-refractivity contribution in [1.29, 1.82) is 0 Å². The molecule has 1 heterocycles. The van der Waals surface area contributed by atoms with Crippen LogP contribution in [0, 0.1) is 5.92 Å². The second-order valence-electron chi connectivity index (χ2n) is 9.32. The molecule has 0 spiro atoms. The summed E-state index contributed by atoms with van der Waals surface area (Å²) in [6, 6.07) is 9.85. The van der Waals surface area contributed by atoms with Crippen LogP contribution in [0.15, 0.2) is 53.6 Å². The van der Waals surface area contributed by atoms with E-state index in [1.807, 2.05) is 6.07 Å². The number of anilines is 1. The number of carbonyl (C=O) groups is 1. The number of alkyl halides is 2. The van der Waals surface area contributed by atoms with E-state index in [0.29, 0.717) is 30.1 Å². The third kappa shape index (κ3) is 4.86. The van der Waals surface area contributed by atoms with Gasteiger partial charge in [-0.2, -0.15) is 0 Å². The number of hydrogen-bond donors (Lipinski definition) is 1. The Balaban J connectivity index is 1.40. The van der Waals surface area contributed by atoms with Gasteiger partial charge in [-0.1, -0.05) is 24.3 Å². The second-order valence-corrected chi connectivity index (χ2v) is 11.5. The lowest BCUT2D eigenvalue weighted by Gasteiger charge is -2.13. The zero-order chi connectivity index (χ0) is 23.2. The van der Waals surface area contributed by atoms with Crippen LogP contribution in [0.1, 0.15) is 55.6 Å². The molecule has 2 unspecified atom stereocenters. The fraction of sp³-hybridized carbons (Fsp3) is 0.440. The molecule has 0 bridgehead atoms. The number of rotatable bonds is 7. The van der Waals surface area contributed by atoms with Gasteiger partial charge in [0.25, 0.3) is 5.91 Å². The molecule has 0 saturated heterocycles. The summed E-state index contributed by atoms with van der Waals surface area (Å²) < 4.78 is 52.5. The van der Waals surface area contributed by atoms with Gasteiger partial charge in [0.15, 0.2) is 9.84 Å². The standard InChI is InChI=1S/C25H26F2N2O3S/c26-22-12-15(13-23(22)27)11-21(17-3-6-19(7-4-17)33(31,32)20-8-9-20)25(30)29-24-10-5-18(14-28-24)16-1-2-16/h3-7,10-11,14-16,20,22-23H,1-2,8-9,12-13H2,(H,28,29,30)/b21-11+. The summed E-state index contributed by atoms with van der Waals surface area (Å²) in [4.78, 5) is 17.7. The molecule has 5 nitrogen and oxygen atoms in total. The molecule has 2 aromatic rings. The number of aromatic nitrogens is 1. The van der Waals surface area contributed by atoms with Crippen molar-refractivity contribution >= 4 is 27.1 Å². The molecule has 1 amide bonds. The number of nitrogens with zero attached hydrogens (tertiary/aromatic N) is 1. The molecule has 174 valence electrons. The van der Waals surface area contributed by atoms with Gasteiger partial charge in [-0.3, -0.25) is 4.79 Å². The highest BCUT2D eigenvalue weighted by molar-refractivity contribution is 7.92. The normalized spacial score (nSPS) is 25.8. The third-order valence-corrected chi connectivity index (χ3v) is 8.91. The van der Waals surface area contributed by atoms with Crippen molar-refractivity contribution in [3.05, 3.63) is 59.8 Å². The molecule has 3 aliphatic rings. The van der Waals surface area contributed by atoms with Crippen molar-refractivity contribution in [2.45, 2.75) is 66.9 Å². The highest BCUT2D eigenvalue weighted by Gasteiger charge is 2.37. The molecular weight excluding hydrogens is 446 g/mol. The molecule has 1 N–H and O–H groups in total. The molecule has 5 rings (SSSR count). The number of hydrogen-bond acceptors (Lipinski definition) is 4. The van der Waals surface area contributed by atoms with E-state index in [0.717, 1.165) is 18.4 Å². The molecular formula is C25H26F2N2O3S. The zero-order valence-corrected chi connectivity index (χ0v) is 18.9. The van der Waals surface area contributed by atoms with E-state index in [2.05, 4.69) is 10.3 Å². The van der Waals surface area contributed by atoms with Crippen molar-refractivity contribution in [1.82, 2.24) is 4.98 Å². The molecule has 33 heavy (non-hydrogen) atoms. The first-order valence-electron chi connectivity index (χ1n) is 11.4. The van der Waals surface area contributed by atoms with Crippen LogP contribution in [0.5, 0.6) is 0 Å². The number of allylic oxidation sites excluding steroid dienone is 1. The van der Waals surface area contributed by atoms with Gasteiger partial charge < -0.3 is 5.32 Å². The van der Waals surface area contributed by atoms with Gasteiger partial charge in [0.1, 0.15) is 18.2 Å². The van der Waals surface area contributed by atoms with E-state index < -0.39 is 34.0 Å². The maximum Gasteiger partial charge on any atom is 0.257 e. The van der Waals surface area contributed by atoms with Crippen LogP contribution in [-0.4, -0.2) is 36.9 Å². The lowest BCUT2D eigenvalue weighted by Crippen LogP contribution is -2.16. The van der Waals surface area contributed by atoms with Crippen molar-refractivity contribution in [3.63, 3.8) is 0 Å². The summed E-state index contributed by atoms with van der Waals surface area (Å²) in [6.07, 6.45) is 3.94. The zero-order valence-electron chi connectivity index (χ0n) is 18.1. The third-order valence-electron chi connectivity index (χ3n) is 6.63. The number of carbonyl (C=O) groups excluding carboxylic acids is 1. The van der Waals surface area contributed by atoms with Gasteiger partial charge in [-0.15, -0.1) is 0 Å². The Hall–Kier alpha value is -2.61.